The van der Waals surface area contributed by atoms with Crippen molar-refractivity contribution >= 4 is 22.4 Å². The Bertz CT molecular complexity index is 778. The molecular formula is C14H13N5OS. The van der Waals surface area contributed by atoms with Crippen LogP contribution in [0.15, 0.2) is 35.7 Å². The highest BCUT2D eigenvalue weighted by Crippen LogP contribution is 2.16. The Morgan fingerprint density at radius 2 is 1.95 bits per heavy atom. The summed E-state index contributed by atoms with van der Waals surface area (Å²) in [5.74, 6) is -0.302. The van der Waals surface area contributed by atoms with Gasteiger partial charge in [-0.2, -0.15) is 9.90 Å². The lowest BCUT2D eigenvalue weighted by molar-refractivity contribution is 0.102. The molecule has 0 radical (unpaired) electrons. The summed E-state index contributed by atoms with van der Waals surface area (Å²) >= 11 is 1.38. The van der Waals surface area contributed by atoms with Crippen LogP contribution in [0.2, 0.25) is 0 Å². The molecule has 0 aliphatic heterocycles. The monoisotopic (exact) mass is 299 g/mol. The van der Waals surface area contributed by atoms with Crippen LogP contribution in [-0.2, 0) is 0 Å². The molecule has 0 spiro atoms. The number of amides is 1. The first-order valence-electron chi connectivity index (χ1n) is 6.36. The van der Waals surface area contributed by atoms with Crippen LogP contribution in [0.5, 0.6) is 0 Å². The van der Waals surface area contributed by atoms with E-state index in [9.17, 15) is 4.79 Å². The minimum Gasteiger partial charge on any atom is -0.296 e. The van der Waals surface area contributed by atoms with Crippen LogP contribution in [0, 0.1) is 13.8 Å². The summed E-state index contributed by atoms with van der Waals surface area (Å²) in [7, 11) is 0. The third kappa shape index (κ3) is 2.82. The highest BCUT2D eigenvalue weighted by molar-refractivity contribution is 7.13. The second kappa shape index (κ2) is 5.45. The lowest BCUT2D eigenvalue weighted by Crippen LogP contribution is -2.14. The van der Waals surface area contributed by atoms with E-state index in [2.05, 4.69) is 20.5 Å². The summed E-state index contributed by atoms with van der Waals surface area (Å²) in [6, 6.07) is 9.47. The van der Waals surface area contributed by atoms with Crippen molar-refractivity contribution in [1.82, 2.24) is 20.0 Å². The zero-order chi connectivity index (χ0) is 14.8. The number of rotatable bonds is 3. The predicted octanol–water partition coefficient (Wildman–Crippen LogP) is 2.59. The summed E-state index contributed by atoms with van der Waals surface area (Å²) in [4.78, 5) is 17.9. The van der Waals surface area contributed by atoms with Crippen molar-refractivity contribution in [2.45, 2.75) is 13.8 Å². The van der Waals surface area contributed by atoms with Crippen molar-refractivity contribution in [3.63, 3.8) is 0 Å². The van der Waals surface area contributed by atoms with Crippen LogP contribution in [0.4, 0.5) is 5.13 Å². The number of aromatic nitrogens is 4. The number of hydrogen-bond acceptors (Lipinski definition) is 5. The van der Waals surface area contributed by atoms with Crippen molar-refractivity contribution in [3.05, 3.63) is 52.8 Å². The second-order valence-corrected chi connectivity index (χ2v) is 5.37. The van der Waals surface area contributed by atoms with Gasteiger partial charge in [-0.05, 0) is 26.0 Å². The molecular weight excluding hydrogens is 286 g/mol. The van der Waals surface area contributed by atoms with Crippen molar-refractivity contribution in [3.8, 4) is 5.69 Å². The van der Waals surface area contributed by atoms with E-state index in [-0.39, 0.29) is 5.91 Å². The zero-order valence-corrected chi connectivity index (χ0v) is 12.4. The third-order valence-corrected chi connectivity index (χ3v) is 3.70. The Morgan fingerprint density at radius 1 is 1.19 bits per heavy atom. The summed E-state index contributed by atoms with van der Waals surface area (Å²) < 4.78 is 0. The molecule has 0 saturated heterocycles. The van der Waals surface area contributed by atoms with E-state index in [1.54, 1.807) is 6.92 Å². The van der Waals surface area contributed by atoms with E-state index in [1.165, 1.54) is 16.1 Å². The van der Waals surface area contributed by atoms with E-state index >= 15 is 0 Å². The average molecular weight is 299 g/mol. The molecule has 3 aromatic rings. The Balaban J connectivity index is 1.86. The van der Waals surface area contributed by atoms with Crippen molar-refractivity contribution in [2.75, 3.05) is 5.32 Å². The van der Waals surface area contributed by atoms with Crippen LogP contribution in [0.3, 0.4) is 0 Å². The quantitative estimate of drug-likeness (QED) is 0.807. The molecule has 1 amide bonds. The van der Waals surface area contributed by atoms with Gasteiger partial charge < -0.3 is 0 Å². The number of hydrogen-bond donors (Lipinski definition) is 1. The molecule has 0 aliphatic carbocycles. The first kappa shape index (κ1) is 13.4. The number of nitrogens with one attached hydrogen (secondary N) is 1. The summed E-state index contributed by atoms with van der Waals surface area (Å²) in [5.41, 5.74) is 2.56. The third-order valence-electron chi connectivity index (χ3n) is 2.82. The fourth-order valence-electron chi connectivity index (χ4n) is 1.83. The van der Waals surface area contributed by atoms with Crippen molar-refractivity contribution < 1.29 is 4.79 Å². The Morgan fingerprint density at radius 3 is 2.62 bits per heavy atom. The smallest absolute Gasteiger partial charge is 0.279 e. The molecule has 6 nitrogen and oxygen atoms in total. The number of benzene rings is 1. The SMILES string of the molecule is Cc1csc(NC(=O)c2nn(-c3ccccc3)nc2C)n1. The summed E-state index contributed by atoms with van der Waals surface area (Å²) in [5, 5.41) is 13.7. The summed E-state index contributed by atoms with van der Waals surface area (Å²) in [6.07, 6.45) is 0. The Labute approximate surface area is 125 Å². The van der Waals surface area contributed by atoms with Gasteiger partial charge in [-0.1, -0.05) is 18.2 Å². The molecule has 0 aliphatic rings. The van der Waals surface area contributed by atoms with E-state index in [4.69, 9.17) is 0 Å². The predicted molar refractivity (Wildman–Crippen MR) is 80.9 cm³/mol. The van der Waals surface area contributed by atoms with Gasteiger partial charge >= 0.3 is 0 Å². The fourth-order valence-corrected chi connectivity index (χ4v) is 2.52. The molecule has 1 N–H and O–H groups in total. The van der Waals surface area contributed by atoms with Gasteiger partial charge in [-0.15, -0.1) is 16.4 Å². The van der Waals surface area contributed by atoms with E-state index in [1.807, 2.05) is 42.6 Å². The van der Waals surface area contributed by atoms with E-state index in [0.29, 0.717) is 16.5 Å². The van der Waals surface area contributed by atoms with Crippen molar-refractivity contribution in [1.29, 1.82) is 0 Å². The number of carbonyl (C=O) groups excluding carboxylic acids is 1. The number of nitrogens with zero attached hydrogens (tertiary/aromatic N) is 4. The van der Waals surface area contributed by atoms with Crippen LogP contribution >= 0.6 is 11.3 Å². The van der Waals surface area contributed by atoms with Crippen LogP contribution < -0.4 is 5.32 Å². The highest BCUT2D eigenvalue weighted by Gasteiger charge is 2.17. The topological polar surface area (TPSA) is 72.7 Å². The van der Waals surface area contributed by atoms with E-state index < -0.39 is 0 Å². The minimum atomic E-state index is -0.302. The molecule has 2 heterocycles. The molecule has 2 aromatic heterocycles. The van der Waals surface area contributed by atoms with Crippen LogP contribution in [-0.4, -0.2) is 25.9 Å². The van der Waals surface area contributed by atoms with E-state index in [0.717, 1.165) is 11.4 Å². The molecule has 0 saturated carbocycles. The lowest BCUT2D eigenvalue weighted by Gasteiger charge is -1.98. The zero-order valence-electron chi connectivity index (χ0n) is 11.6. The molecule has 106 valence electrons. The fraction of sp³-hybridized carbons (Fsp3) is 0.143. The number of aryl methyl sites for hydroxylation is 2. The highest BCUT2D eigenvalue weighted by atomic mass is 32.1. The first-order chi connectivity index (χ1) is 10.1. The number of carbonyl (C=O) groups is 1. The van der Waals surface area contributed by atoms with Gasteiger partial charge in [0.05, 0.1) is 17.1 Å². The molecule has 3 rings (SSSR count). The Kier molecular flexibility index (Phi) is 3.49. The van der Waals surface area contributed by atoms with Gasteiger partial charge in [-0.3, -0.25) is 10.1 Å². The van der Waals surface area contributed by atoms with Gasteiger partial charge in [0.2, 0.25) is 0 Å². The number of para-hydroxylation sites is 1. The maximum Gasteiger partial charge on any atom is 0.279 e. The molecule has 21 heavy (non-hydrogen) atoms. The van der Waals surface area contributed by atoms with Gasteiger partial charge in [0.15, 0.2) is 10.8 Å². The average Bonchev–Trinajstić information content (AvgIpc) is 3.06. The Hall–Kier alpha value is -2.54. The van der Waals surface area contributed by atoms with Gasteiger partial charge in [0.1, 0.15) is 0 Å². The second-order valence-electron chi connectivity index (χ2n) is 4.51. The molecule has 1 aromatic carbocycles. The summed E-state index contributed by atoms with van der Waals surface area (Å²) in [6.45, 7) is 3.64. The van der Waals surface area contributed by atoms with Gasteiger partial charge in [-0.25, -0.2) is 4.98 Å². The first-order valence-corrected chi connectivity index (χ1v) is 7.24. The van der Waals surface area contributed by atoms with Crippen molar-refractivity contribution in [2.24, 2.45) is 0 Å². The molecule has 0 atom stereocenters. The maximum absolute atomic E-state index is 12.2. The van der Waals surface area contributed by atoms with Crippen LogP contribution in [0.1, 0.15) is 21.9 Å². The van der Waals surface area contributed by atoms with Gasteiger partial charge in [0.25, 0.3) is 5.91 Å². The lowest BCUT2D eigenvalue weighted by atomic mass is 10.3. The minimum absolute atomic E-state index is 0.298. The van der Waals surface area contributed by atoms with Crippen LogP contribution in [0.25, 0.3) is 5.69 Å². The molecule has 7 heteroatoms. The number of anilines is 1. The van der Waals surface area contributed by atoms with Gasteiger partial charge in [0, 0.05) is 5.38 Å². The molecule has 0 unspecified atom stereocenters. The molecule has 0 fully saturated rings. The largest absolute Gasteiger partial charge is 0.296 e. The normalized spacial score (nSPS) is 10.6. The maximum atomic E-state index is 12.2. The standard InChI is InChI=1S/C14H13N5OS/c1-9-8-21-14(15-9)16-13(20)12-10(2)17-19(18-12)11-6-4-3-5-7-11/h3-8H,1-2H3,(H,15,16,20). The molecule has 0 bridgehead atoms. The number of thiazole rings is 1.